The molecule has 32 heavy (non-hydrogen) atoms. The van der Waals surface area contributed by atoms with Crippen LogP contribution in [0, 0.1) is 0 Å². The van der Waals surface area contributed by atoms with Gasteiger partial charge in [-0.3, -0.25) is 4.79 Å². The molecule has 1 aromatic heterocycles. The summed E-state index contributed by atoms with van der Waals surface area (Å²) in [6, 6.07) is 6.59. The first-order valence-electron chi connectivity index (χ1n) is 9.50. The maximum absolute atomic E-state index is 12.8. The van der Waals surface area contributed by atoms with Crippen molar-refractivity contribution < 1.29 is 50.0 Å². The smallest absolute Gasteiger partial charge is 0.202 e. The summed E-state index contributed by atoms with van der Waals surface area (Å²) in [5.41, 5.74) is -1.63. The van der Waals surface area contributed by atoms with Gasteiger partial charge in [0.05, 0.1) is 12.2 Å². The summed E-state index contributed by atoms with van der Waals surface area (Å²) in [5, 5.41) is 80.4. The molecular weight excluding hydrogens is 428 g/mol. The number of rotatable bonds is 3. The van der Waals surface area contributed by atoms with Gasteiger partial charge in [-0.05, 0) is 24.3 Å². The van der Waals surface area contributed by atoms with E-state index in [1.54, 1.807) is 0 Å². The maximum atomic E-state index is 12.8. The van der Waals surface area contributed by atoms with E-state index in [1.165, 1.54) is 24.3 Å². The van der Waals surface area contributed by atoms with Gasteiger partial charge in [0.25, 0.3) is 0 Å². The van der Waals surface area contributed by atoms with E-state index in [0.717, 1.165) is 6.07 Å². The second-order valence-electron chi connectivity index (χ2n) is 7.43. The van der Waals surface area contributed by atoms with Crippen molar-refractivity contribution in [3.05, 3.63) is 46.1 Å². The molecule has 0 saturated carbocycles. The zero-order valence-electron chi connectivity index (χ0n) is 16.3. The highest BCUT2D eigenvalue weighted by Gasteiger charge is 2.46. The van der Waals surface area contributed by atoms with Gasteiger partial charge in [-0.1, -0.05) is 0 Å². The van der Waals surface area contributed by atoms with Crippen LogP contribution in [0.15, 0.2) is 39.5 Å². The molecule has 170 valence electrons. The molecule has 5 atom stereocenters. The Kier molecular flexibility index (Phi) is 5.44. The van der Waals surface area contributed by atoms with Gasteiger partial charge in [0.2, 0.25) is 5.75 Å². The molecule has 8 N–H and O–H groups in total. The fourth-order valence-corrected chi connectivity index (χ4v) is 3.74. The lowest BCUT2D eigenvalue weighted by Gasteiger charge is -2.40. The number of aliphatic hydroxyl groups is 4. The van der Waals surface area contributed by atoms with E-state index in [2.05, 4.69) is 0 Å². The minimum Gasteiger partial charge on any atom is -0.508 e. The molecule has 2 heterocycles. The minimum absolute atomic E-state index is 0.0285. The number of hydrogen-bond acceptors (Lipinski definition) is 11. The lowest BCUT2D eigenvalue weighted by Crippen LogP contribution is -2.55. The van der Waals surface area contributed by atoms with Crippen LogP contribution in [-0.4, -0.2) is 71.9 Å². The highest BCUT2D eigenvalue weighted by Crippen LogP contribution is 2.49. The molecule has 0 aliphatic carbocycles. The van der Waals surface area contributed by atoms with Gasteiger partial charge in [0.15, 0.2) is 16.8 Å². The summed E-state index contributed by atoms with van der Waals surface area (Å²) in [5.74, 6) is -2.88. The van der Waals surface area contributed by atoms with Crippen molar-refractivity contribution in [1.29, 1.82) is 0 Å². The molecule has 0 spiro atoms. The molecule has 1 fully saturated rings. The number of phenols is 4. The number of phenolic OH excluding ortho intramolecular Hbond substituents is 4. The van der Waals surface area contributed by atoms with Crippen LogP contribution in [0.1, 0.15) is 11.7 Å². The highest BCUT2D eigenvalue weighted by atomic mass is 16.5. The predicted octanol–water partition coefficient (Wildman–Crippen LogP) is -0.203. The first kappa shape index (κ1) is 21.9. The number of benzene rings is 2. The first-order valence-corrected chi connectivity index (χ1v) is 9.50. The topological polar surface area (TPSA) is 201 Å². The molecule has 0 bridgehead atoms. The second kappa shape index (κ2) is 7.97. The van der Waals surface area contributed by atoms with Crippen LogP contribution in [-0.2, 0) is 4.74 Å². The maximum Gasteiger partial charge on any atom is 0.202 e. The average Bonchev–Trinajstić information content (AvgIpc) is 2.77. The average molecular weight is 448 g/mol. The van der Waals surface area contributed by atoms with E-state index in [1.807, 2.05) is 0 Å². The number of ether oxygens (including phenoxy) is 1. The Hall–Kier alpha value is -3.35. The fourth-order valence-electron chi connectivity index (χ4n) is 3.74. The lowest BCUT2D eigenvalue weighted by atomic mass is 9.89. The van der Waals surface area contributed by atoms with Gasteiger partial charge in [0, 0.05) is 11.6 Å². The lowest BCUT2D eigenvalue weighted by molar-refractivity contribution is -0.232. The summed E-state index contributed by atoms with van der Waals surface area (Å²) < 4.78 is 10.9. The molecule has 0 amide bonds. The summed E-state index contributed by atoms with van der Waals surface area (Å²) in [6.07, 6.45) is -8.47. The van der Waals surface area contributed by atoms with Crippen molar-refractivity contribution in [1.82, 2.24) is 0 Å². The summed E-state index contributed by atoms with van der Waals surface area (Å²) in [7, 11) is 0. The molecule has 1 aliphatic rings. The first-order chi connectivity index (χ1) is 15.1. The molecule has 1 aliphatic heterocycles. The summed E-state index contributed by atoms with van der Waals surface area (Å²) >= 11 is 0. The van der Waals surface area contributed by atoms with Gasteiger partial charge in [-0.15, -0.1) is 0 Å². The highest BCUT2D eigenvalue weighted by molar-refractivity contribution is 5.93. The predicted molar refractivity (Wildman–Crippen MR) is 107 cm³/mol. The van der Waals surface area contributed by atoms with Gasteiger partial charge in [-0.2, -0.15) is 0 Å². The molecular formula is C21H20O11. The Morgan fingerprint density at radius 3 is 2.12 bits per heavy atom. The molecule has 0 radical (unpaired) electrons. The van der Waals surface area contributed by atoms with Crippen molar-refractivity contribution in [2.75, 3.05) is 6.61 Å². The molecule has 0 unspecified atom stereocenters. The third kappa shape index (κ3) is 3.32. The van der Waals surface area contributed by atoms with Gasteiger partial charge in [-0.25, -0.2) is 0 Å². The van der Waals surface area contributed by atoms with Crippen molar-refractivity contribution in [3.8, 4) is 34.3 Å². The Labute approximate surface area is 179 Å². The zero-order chi connectivity index (χ0) is 23.3. The van der Waals surface area contributed by atoms with Crippen molar-refractivity contribution >= 4 is 11.0 Å². The Morgan fingerprint density at radius 2 is 1.50 bits per heavy atom. The molecule has 4 rings (SSSR count). The summed E-state index contributed by atoms with van der Waals surface area (Å²) in [6.45, 7) is -0.763. The third-order valence-corrected chi connectivity index (χ3v) is 5.46. The number of hydrogen-bond donors (Lipinski definition) is 8. The SMILES string of the molecule is O=c1cc(-c2ccc(O)cc2)oc2c(O)c(O)c([C@@H]3O[C@H](CO)[C@H](O)[C@H](O)[C@H]3O)c(O)c12. The molecule has 1 saturated heterocycles. The normalized spacial score (nSPS) is 25.8. The number of fused-ring (bicyclic) bond motifs is 1. The number of aromatic hydroxyl groups is 4. The van der Waals surface area contributed by atoms with Crippen molar-refractivity contribution in [2.45, 2.75) is 30.5 Å². The number of aliphatic hydroxyl groups excluding tert-OH is 4. The molecule has 2 aromatic carbocycles. The van der Waals surface area contributed by atoms with Crippen LogP contribution in [0.5, 0.6) is 23.0 Å². The van der Waals surface area contributed by atoms with Crippen LogP contribution < -0.4 is 5.43 Å². The molecule has 11 heteroatoms. The molecule has 11 nitrogen and oxygen atoms in total. The van der Waals surface area contributed by atoms with Crippen LogP contribution in [0.25, 0.3) is 22.3 Å². The van der Waals surface area contributed by atoms with Gasteiger partial charge < -0.3 is 50.0 Å². The third-order valence-electron chi connectivity index (χ3n) is 5.46. The standard InChI is InChI=1S/C21H20O11/c22-6-11-14(25)17(28)19(30)21(32-11)13-15(26)12-9(24)5-10(7-1-3-8(23)4-2-7)31-20(12)18(29)16(13)27/h1-5,11,14,17,19,21-23,25-30H,6H2/t11-,14+,17+,19-,21+/m1/s1. The second-order valence-corrected chi connectivity index (χ2v) is 7.43. The van der Waals surface area contributed by atoms with E-state index < -0.39 is 76.3 Å². The monoisotopic (exact) mass is 448 g/mol. The van der Waals surface area contributed by atoms with Crippen molar-refractivity contribution in [2.24, 2.45) is 0 Å². The minimum atomic E-state index is -1.88. The van der Waals surface area contributed by atoms with E-state index in [-0.39, 0.29) is 11.5 Å². The zero-order valence-corrected chi connectivity index (χ0v) is 16.3. The molecule has 3 aromatic rings. The largest absolute Gasteiger partial charge is 0.508 e. The van der Waals surface area contributed by atoms with E-state index >= 15 is 0 Å². The Balaban J connectivity index is 1.91. The van der Waals surface area contributed by atoms with Crippen LogP contribution >= 0.6 is 0 Å². The van der Waals surface area contributed by atoms with Crippen LogP contribution in [0.2, 0.25) is 0 Å². The van der Waals surface area contributed by atoms with E-state index in [9.17, 15) is 45.6 Å². The van der Waals surface area contributed by atoms with Gasteiger partial charge in [0.1, 0.15) is 53.2 Å². The Morgan fingerprint density at radius 1 is 0.844 bits per heavy atom. The summed E-state index contributed by atoms with van der Waals surface area (Å²) in [4.78, 5) is 12.8. The quantitative estimate of drug-likeness (QED) is 0.195. The van der Waals surface area contributed by atoms with E-state index in [0.29, 0.717) is 5.56 Å². The van der Waals surface area contributed by atoms with Gasteiger partial charge >= 0.3 is 0 Å². The Bertz CT molecular complexity index is 1220. The van der Waals surface area contributed by atoms with Crippen LogP contribution in [0.4, 0.5) is 0 Å². The van der Waals surface area contributed by atoms with E-state index in [4.69, 9.17) is 9.15 Å². The fraction of sp³-hybridized carbons (Fsp3) is 0.286. The van der Waals surface area contributed by atoms with Crippen molar-refractivity contribution in [3.63, 3.8) is 0 Å². The van der Waals surface area contributed by atoms with Crippen LogP contribution in [0.3, 0.4) is 0 Å².